The summed E-state index contributed by atoms with van der Waals surface area (Å²) in [4.78, 5) is 25.1. The predicted molar refractivity (Wildman–Crippen MR) is 76.8 cm³/mol. The molecule has 1 rings (SSSR count). The quantitative estimate of drug-likeness (QED) is 0.423. The molecule has 0 spiro atoms. The second-order valence-electron chi connectivity index (χ2n) is 4.90. The Bertz CT molecular complexity index is 487. The summed E-state index contributed by atoms with van der Waals surface area (Å²) in [5.74, 6) is 0. The van der Waals surface area contributed by atoms with Crippen LogP contribution in [-0.2, 0) is 6.54 Å². The first-order chi connectivity index (χ1) is 9.54. The monoisotopic (exact) mass is 282 g/mol. The first kappa shape index (κ1) is 16.3. The molecule has 1 heterocycles. The molecule has 1 aromatic rings. The van der Waals surface area contributed by atoms with Crippen molar-refractivity contribution in [3.05, 3.63) is 33.0 Å². The minimum absolute atomic E-state index is 0.166. The van der Waals surface area contributed by atoms with Gasteiger partial charge in [-0.25, -0.2) is 4.79 Å². The largest absolute Gasteiger partial charge is 0.348 e. The van der Waals surface area contributed by atoms with Crippen molar-refractivity contribution < 1.29 is 4.92 Å². The highest BCUT2D eigenvalue weighted by Crippen LogP contribution is 2.05. The zero-order valence-corrected chi connectivity index (χ0v) is 12.0. The molecule has 20 heavy (non-hydrogen) atoms. The summed E-state index contributed by atoms with van der Waals surface area (Å²) in [7, 11) is 0. The Morgan fingerprint density at radius 2 is 2.25 bits per heavy atom. The summed E-state index contributed by atoms with van der Waals surface area (Å²) >= 11 is 0. The van der Waals surface area contributed by atoms with Crippen molar-refractivity contribution in [1.82, 2.24) is 14.9 Å². The van der Waals surface area contributed by atoms with E-state index in [1.54, 1.807) is 0 Å². The number of hydrogen-bond donors (Lipinski definition) is 1. The number of aromatic nitrogens is 2. The van der Waals surface area contributed by atoms with Gasteiger partial charge in [0, 0.05) is 19.1 Å². The normalized spacial score (nSPS) is 12.3. The Morgan fingerprint density at radius 1 is 1.50 bits per heavy atom. The van der Waals surface area contributed by atoms with E-state index in [0.29, 0.717) is 19.1 Å². The number of nitrogens with zero attached hydrogens (tertiary/aromatic N) is 3. The fourth-order valence-corrected chi connectivity index (χ4v) is 1.93. The van der Waals surface area contributed by atoms with Crippen LogP contribution in [-0.4, -0.2) is 27.1 Å². The SMILES string of the molecule is CCCCCC(C)NCCn1cc([N+](=O)[O-])cnc1=O. The van der Waals surface area contributed by atoms with Gasteiger partial charge in [-0.15, -0.1) is 0 Å². The predicted octanol–water partition coefficient (Wildman–Crippen LogP) is 1.71. The van der Waals surface area contributed by atoms with Crippen LogP contribution in [0, 0.1) is 10.1 Å². The van der Waals surface area contributed by atoms with Gasteiger partial charge in [-0.2, -0.15) is 4.98 Å². The van der Waals surface area contributed by atoms with Gasteiger partial charge in [-0.1, -0.05) is 26.2 Å². The number of rotatable bonds is 9. The van der Waals surface area contributed by atoms with E-state index in [1.165, 1.54) is 30.0 Å². The third-order valence-corrected chi connectivity index (χ3v) is 3.14. The summed E-state index contributed by atoms with van der Waals surface area (Å²) in [5, 5.41) is 13.9. The lowest BCUT2D eigenvalue weighted by Crippen LogP contribution is -2.32. The fraction of sp³-hybridized carbons (Fsp3) is 0.692. The molecular formula is C13H22N4O3. The Morgan fingerprint density at radius 3 is 2.90 bits per heavy atom. The van der Waals surface area contributed by atoms with Gasteiger partial charge in [0.15, 0.2) is 0 Å². The minimum Gasteiger partial charge on any atom is -0.312 e. The van der Waals surface area contributed by atoms with Gasteiger partial charge < -0.3 is 5.32 Å². The van der Waals surface area contributed by atoms with Crippen LogP contribution in [0.5, 0.6) is 0 Å². The van der Waals surface area contributed by atoms with E-state index in [-0.39, 0.29) is 5.69 Å². The maximum absolute atomic E-state index is 11.5. The van der Waals surface area contributed by atoms with Crippen LogP contribution in [0.15, 0.2) is 17.2 Å². The molecular weight excluding hydrogens is 260 g/mol. The van der Waals surface area contributed by atoms with Crippen LogP contribution in [0.2, 0.25) is 0 Å². The van der Waals surface area contributed by atoms with Crippen LogP contribution in [0.1, 0.15) is 39.5 Å². The third-order valence-electron chi connectivity index (χ3n) is 3.14. The van der Waals surface area contributed by atoms with Crippen molar-refractivity contribution in [1.29, 1.82) is 0 Å². The van der Waals surface area contributed by atoms with Gasteiger partial charge in [0.2, 0.25) is 0 Å². The summed E-state index contributed by atoms with van der Waals surface area (Å²) in [5.41, 5.74) is -0.628. The van der Waals surface area contributed by atoms with E-state index in [4.69, 9.17) is 0 Å². The zero-order valence-electron chi connectivity index (χ0n) is 12.0. The molecule has 0 aromatic carbocycles. The van der Waals surface area contributed by atoms with E-state index in [9.17, 15) is 14.9 Å². The fourth-order valence-electron chi connectivity index (χ4n) is 1.93. The average Bonchev–Trinajstić information content (AvgIpc) is 2.41. The Hall–Kier alpha value is -1.76. The van der Waals surface area contributed by atoms with Crippen molar-refractivity contribution in [2.24, 2.45) is 0 Å². The van der Waals surface area contributed by atoms with Crippen molar-refractivity contribution >= 4 is 5.69 Å². The highest BCUT2D eigenvalue weighted by molar-refractivity contribution is 5.20. The zero-order chi connectivity index (χ0) is 15.0. The van der Waals surface area contributed by atoms with Crippen LogP contribution in [0.25, 0.3) is 0 Å². The van der Waals surface area contributed by atoms with Gasteiger partial charge in [0.05, 0.1) is 11.1 Å². The van der Waals surface area contributed by atoms with Crippen LogP contribution >= 0.6 is 0 Å². The molecule has 112 valence electrons. The van der Waals surface area contributed by atoms with E-state index in [0.717, 1.165) is 12.6 Å². The molecule has 0 fully saturated rings. The van der Waals surface area contributed by atoms with Crippen LogP contribution < -0.4 is 11.0 Å². The summed E-state index contributed by atoms with van der Waals surface area (Å²) in [6, 6.07) is 0.379. The van der Waals surface area contributed by atoms with Crippen LogP contribution in [0.4, 0.5) is 5.69 Å². The molecule has 0 aliphatic rings. The molecule has 0 bridgehead atoms. The van der Waals surface area contributed by atoms with Gasteiger partial charge >= 0.3 is 11.4 Å². The highest BCUT2D eigenvalue weighted by Gasteiger charge is 2.09. The molecule has 0 aliphatic heterocycles. The molecule has 0 saturated heterocycles. The van der Waals surface area contributed by atoms with Gasteiger partial charge in [0.25, 0.3) is 0 Å². The molecule has 0 aliphatic carbocycles. The molecule has 7 heteroatoms. The lowest BCUT2D eigenvalue weighted by Gasteiger charge is -2.13. The highest BCUT2D eigenvalue weighted by atomic mass is 16.6. The maximum atomic E-state index is 11.5. The van der Waals surface area contributed by atoms with E-state index < -0.39 is 10.6 Å². The molecule has 1 N–H and O–H groups in total. The van der Waals surface area contributed by atoms with Gasteiger partial charge in [-0.05, 0) is 13.3 Å². The number of hydrogen-bond acceptors (Lipinski definition) is 5. The Labute approximate surface area is 118 Å². The van der Waals surface area contributed by atoms with Crippen molar-refractivity contribution in [2.75, 3.05) is 6.54 Å². The lowest BCUT2D eigenvalue weighted by molar-refractivity contribution is -0.385. The lowest BCUT2D eigenvalue weighted by atomic mass is 10.1. The Balaban J connectivity index is 2.43. The minimum atomic E-state index is -0.552. The van der Waals surface area contributed by atoms with Crippen molar-refractivity contribution in [3.8, 4) is 0 Å². The molecule has 1 aromatic heterocycles. The standard InChI is InChI=1S/C13H22N4O3/c1-3-4-5-6-11(2)14-7-8-16-10-12(17(19)20)9-15-13(16)18/h9-11,14H,3-8H2,1-2H3. The van der Waals surface area contributed by atoms with Gasteiger partial charge in [0.1, 0.15) is 6.20 Å². The summed E-state index contributed by atoms with van der Waals surface area (Å²) < 4.78 is 1.27. The van der Waals surface area contributed by atoms with Crippen LogP contribution in [0.3, 0.4) is 0 Å². The van der Waals surface area contributed by atoms with Crippen molar-refractivity contribution in [3.63, 3.8) is 0 Å². The Kier molecular flexibility index (Phi) is 6.86. The maximum Gasteiger partial charge on any atom is 0.348 e. The molecule has 0 radical (unpaired) electrons. The van der Waals surface area contributed by atoms with Gasteiger partial charge in [-0.3, -0.25) is 14.7 Å². The first-order valence-electron chi connectivity index (χ1n) is 6.99. The third kappa shape index (κ3) is 5.48. The second-order valence-corrected chi connectivity index (χ2v) is 4.90. The molecule has 1 atom stereocenters. The van der Waals surface area contributed by atoms with E-state index in [1.807, 2.05) is 0 Å². The van der Waals surface area contributed by atoms with E-state index in [2.05, 4.69) is 24.1 Å². The summed E-state index contributed by atoms with van der Waals surface area (Å²) in [6.45, 7) is 5.24. The number of nitrogens with one attached hydrogen (secondary N) is 1. The number of unbranched alkanes of at least 4 members (excludes halogenated alkanes) is 2. The smallest absolute Gasteiger partial charge is 0.312 e. The van der Waals surface area contributed by atoms with E-state index >= 15 is 0 Å². The first-order valence-corrected chi connectivity index (χ1v) is 6.99. The molecule has 1 unspecified atom stereocenters. The van der Waals surface area contributed by atoms with Crippen molar-refractivity contribution in [2.45, 2.75) is 52.1 Å². The summed E-state index contributed by atoms with van der Waals surface area (Å²) in [6.07, 6.45) is 6.92. The molecule has 0 amide bonds. The molecule has 7 nitrogen and oxygen atoms in total. The topological polar surface area (TPSA) is 90.1 Å². The number of nitro groups is 1. The average molecular weight is 282 g/mol. The molecule has 0 saturated carbocycles. The second kappa shape index (κ2) is 8.42.